The van der Waals surface area contributed by atoms with Gasteiger partial charge in [0.05, 0.1) is 12.3 Å². The van der Waals surface area contributed by atoms with Gasteiger partial charge >= 0.3 is 0 Å². The molecule has 0 aromatic heterocycles. The summed E-state index contributed by atoms with van der Waals surface area (Å²) in [6.45, 7) is 3.06. The fraction of sp³-hybridized carbons (Fsp3) is 0.409. The molecular formula is C22H29NO. The molecule has 0 radical (unpaired) electrons. The third-order valence-electron chi connectivity index (χ3n) is 4.02. The van der Waals surface area contributed by atoms with Crippen molar-refractivity contribution in [3.05, 3.63) is 60.2 Å². The highest BCUT2D eigenvalue weighted by molar-refractivity contribution is 5.81. The Bertz CT molecular complexity index is 575. The molecule has 2 aromatic carbocycles. The van der Waals surface area contributed by atoms with Crippen LogP contribution in [0.1, 0.15) is 57.4 Å². The van der Waals surface area contributed by atoms with Crippen LogP contribution < -0.4 is 4.74 Å². The van der Waals surface area contributed by atoms with Gasteiger partial charge in [-0.2, -0.15) is 0 Å². The number of hydrogen-bond donors (Lipinski definition) is 0. The van der Waals surface area contributed by atoms with Gasteiger partial charge in [-0.25, -0.2) is 0 Å². The lowest BCUT2D eigenvalue weighted by Crippen LogP contribution is -1.96. The summed E-state index contributed by atoms with van der Waals surface area (Å²) < 4.78 is 5.80. The molecule has 0 fully saturated rings. The van der Waals surface area contributed by atoms with Crippen LogP contribution in [0.3, 0.4) is 0 Å². The van der Waals surface area contributed by atoms with Crippen molar-refractivity contribution >= 4 is 11.9 Å². The van der Waals surface area contributed by atoms with E-state index >= 15 is 0 Å². The van der Waals surface area contributed by atoms with Crippen LogP contribution >= 0.6 is 0 Å². The van der Waals surface area contributed by atoms with Gasteiger partial charge in [-0.15, -0.1) is 0 Å². The largest absolute Gasteiger partial charge is 0.494 e. The van der Waals surface area contributed by atoms with Crippen LogP contribution in [0.5, 0.6) is 5.75 Å². The number of hydrogen-bond acceptors (Lipinski definition) is 2. The van der Waals surface area contributed by atoms with Gasteiger partial charge in [0.25, 0.3) is 0 Å². The lowest BCUT2D eigenvalue weighted by molar-refractivity contribution is 0.304. The quantitative estimate of drug-likeness (QED) is 0.338. The predicted molar refractivity (Wildman–Crippen MR) is 104 cm³/mol. The summed E-state index contributed by atoms with van der Waals surface area (Å²) in [6.07, 6.45) is 11.0. The maximum absolute atomic E-state index is 5.80. The average molecular weight is 323 g/mol. The molecule has 0 saturated carbocycles. The van der Waals surface area contributed by atoms with Crippen LogP contribution in [0.25, 0.3) is 0 Å². The topological polar surface area (TPSA) is 21.6 Å². The van der Waals surface area contributed by atoms with E-state index in [4.69, 9.17) is 4.74 Å². The molecule has 0 aliphatic heterocycles. The van der Waals surface area contributed by atoms with Gasteiger partial charge in [-0.05, 0) is 36.2 Å². The summed E-state index contributed by atoms with van der Waals surface area (Å²) in [5.74, 6) is 0.930. The summed E-state index contributed by atoms with van der Waals surface area (Å²) >= 11 is 0. The minimum absolute atomic E-state index is 0.806. The summed E-state index contributed by atoms with van der Waals surface area (Å²) in [6, 6.07) is 18.1. The van der Waals surface area contributed by atoms with Crippen molar-refractivity contribution in [2.75, 3.05) is 6.61 Å². The van der Waals surface area contributed by atoms with Gasteiger partial charge in [-0.3, -0.25) is 4.99 Å². The van der Waals surface area contributed by atoms with Crippen molar-refractivity contribution in [2.45, 2.75) is 51.9 Å². The highest BCUT2D eigenvalue weighted by Crippen LogP contribution is 2.18. The van der Waals surface area contributed by atoms with Gasteiger partial charge < -0.3 is 4.74 Å². The van der Waals surface area contributed by atoms with Crippen LogP contribution in [0, 0.1) is 0 Å². The fourth-order valence-electron chi connectivity index (χ4n) is 2.57. The summed E-state index contributed by atoms with van der Waals surface area (Å²) in [4.78, 5) is 4.48. The van der Waals surface area contributed by atoms with E-state index in [-0.39, 0.29) is 0 Å². The number of benzene rings is 2. The minimum atomic E-state index is 0.806. The third-order valence-corrected chi connectivity index (χ3v) is 4.02. The summed E-state index contributed by atoms with van der Waals surface area (Å²) in [5, 5.41) is 0. The molecule has 2 heteroatoms. The van der Waals surface area contributed by atoms with Crippen LogP contribution in [0.4, 0.5) is 5.69 Å². The SMILES string of the molecule is CCCCCCCCCOc1ccc(N=Cc2ccccc2)cc1. The molecular weight excluding hydrogens is 294 g/mol. The second kappa shape index (κ2) is 11.4. The van der Waals surface area contributed by atoms with E-state index in [2.05, 4.69) is 11.9 Å². The second-order valence-electron chi connectivity index (χ2n) is 6.13. The van der Waals surface area contributed by atoms with E-state index in [1.807, 2.05) is 60.8 Å². The van der Waals surface area contributed by atoms with Gasteiger partial charge in [0, 0.05) is 6.21 Å². The normalized spacial score (nSPS) is 11.0. The molecule has 0 bridgehead atoms. The first-order valence-corrected chi connectivity index (χ1v) is 9.20. The molecule has 2 nitrogen and oxygen atoms in total. The summed E-state index contributed by atoms with van der Waals surface area (Å²) in [7, 11) is 0. The Labute approximate surface area is 146 Å². The molecule has 0 heterocycles. The zero-order valence-electron chi connectivity index (χ0n) is 14.8. The van der Waals surface area contributed by atoms with E-state index in [0.29, 0.717) is 0 Å². The van der Waals surface area contributed by atoms with Gasteiger partial charge in [0.1, 0.15) is 5.75 Å². The lowest BCUT2D eigenvalue weighted by Gasteiger charge is -2.06. The molecule has 0 aliphatic rings. The average Bonchev–Trinajstić information content (AvgIpc) is 2.64. The van der Waals surface area contributed by atoms with E-state index in [9.17, 15) is 0 Å². The van der Waals surface area contributed by atoms with E-state index in [0.717, 1.165) is 30.0 Å². The van der Waals surface area contributed by atoms with E-state index in [1.165, 1.54) is 38.5 Å². The molecule has 24 heavy (non-hydrogen) atoms. The Morgan fingerprint density at radius 2 is 1.46 bits per heavy atom. The molecule has 0 unspecified atom stereocenters. The Morgan fingerprint density at radius 1 is 0.792 bits per heavy atom. The molecule has 0 saturated heterocycles. The van der Waals surface area contributed by atoms with E-state index in [1.54, 1.807) is 0 Å². The molecule has 2 aromatic rings. The highest BCUT2D eigenvalue weighted by atomic mass is 16.5. The van der Waals surface area contributed by atoms with Crippen molar-refractivity contribution in [3.63, 3.8) is 0 Å². The molecule has 128 valence electrons. The van der Waals surface area contributed by atoms with Crippen LogP contribution in [-0.2, 0) is 0 Å². The lowest BCUT2D eigenvalue weighted by atomic mass is 10.1. The predicted octanol–water partition coefficient (Wildman–Crippen LogP) is 6.57. The monoisotopic (exact) mass is 323 g/mol. The molecule has 0 atom stereocenters. The minimum Gasteiger partial charge on any atom is -0.494 e. The number of aliphatic imine (C=N–C) groups is 1. The first-order chi connectivity index (χ1) is 11.9. The first kappa shape index (κ1) is 18.3. The Balaban J connectivity index is 1.64. The summed E-state index contributed by atoms with van der Waals surface area (Å²) in [5.41, 5.74) is 2.05. The van der Waals surface area contributed by atoms with Gasteiger partial charge in [0.15, 0.2) is 0 Å². The number of nitrogens with zero attached hydrogens (tertiary/aromatic N) is 1. The Morgan fingerprint density at radius 3 is 2.17 bits per heavy atom. The van der Waals surface area contributed by atoms with Crippen molar-refractivity contribution in [2.24, 2.45) is 4.99 Å². The third kappa shape index (κ3) is 7.45. The smallest absolute Gasteiger partial charge is 0.119 e. The van der Waals surface area contributed by atoms with Crippen LogP contribution in [0.2, 0.25) is 0 Å². The van der Waals surface area contributed by atoms with Crippen molar-refractivity contribution in [1.82, 2.24) is 0 Å². The highest BCUT2D eigenvalue weighted by Gasteiger charge is 1.96. The Hall–Kier alpha value is -2.09. The number of unbranched alkanes of at least 4 members (excludes halogenated alkanes) is 6. The number of ether oxygens (including phenoxy) is 1. The van der Waals surface area contributed by atoms with Crippen LogP contribution in [0.15, 0.2) is 59.6 Å². The molecule has 0 N–H and O–H groups in total. The van der Waals surface area contributed by atoms with Gasteiger partial charge in [0.2, 0.25) is 0 Å². The molecule has 0 spiro atoms. The Kier molecular flexibility index (Phi) is 8.70. The zero-order chi connectivity index (χ0) is 16.9. The molecule has 2 rings (SSSR count). The number of rotatable bonds is 11. The second-order valence-corrected chi connectivity index (χ2v) is 6.13. The standard InChI is InChI=1S/C22H29NO/c1-2-3-4-5-6-7-11-18-24-22-16-14-21(15-17-22)23-19-20-12-9-8-10-13-20/h8-10,12-17,19H,2-7,11,18H2,1H3. The maximum Gasteiger partial charge on any atom is 0.119 e. The van der Waals surface area contributed by atoms with Crippen molar-refractivity contribution in [1.29, 1.82) is 0 Å². The van der Waals surface area contributed by atoms with E-state index < -0.39 is 0 Å². The van der Waals surface area contributed by atoms with Crippen molar-refractivity contribution in [3.8, 4) is 5.75 Å². The van der Waals surface area contributed by atoms with Gasteiger partial charge in [-0.1, -0.05) is 75.8 Å². The zero-order valence-corrected chi connectivity index (χ0v) is 14.8. The first-order valence-electron chi connectivity index (χ1n) is 9.20. The molecule has 0 amide bonds. The molecule has 0 aliphatic carbocycles. The fourth-order valence-corrected chi connectivity index (χ4v) is 2.57. The van der Waals surface area contributed by atoms with Crippen molar-refractivity contribution < 1.29 is 4.74 Å². The maximum atomic E-state index is 5.80. The van der Waals surface area contributed by atoms with Crippen LogP contribution in [-0.4, -0.2) is 12.8 Å².